The predicted octanol–water partition coefficient (Wildman–Crippen LogP) is -5.97. The lowest BCUT2D eigenvalue weighted by Gasteiger charge is -2.26. The molecular weight excluding hydrogens is 845 g/mol. The van der Waals surface area contributed by atoms with Crippen molar-refractivity contribution in [1.82, 2.24) is 52.5 Å². The lowest BCUT2D eigenvalue weighted by atomic mass is 10.0. The molecule has 0 aliphatic rings. The summed E-state index contributed by atoms with van der Waals surface area (Å²) in [7, 11) is 0. The van der Waals surface area contributed by atoms with Crippen LogP contribution in [0.15, 0.2) is 17.5 Å². The molecule has 7 atom stereocenters. The summed E-state index contributed by atoms with van der Waals surface area (Å²) in [6.07, 6.45) is 1.90. The Morgan fingerprint density at radius 2 is 1.31 bits per heavy atom. The first-order valence-electron chi connectivity index (χ1n) is 18.7. The molecule has 0 aliphatic carbocycles. The summed E-state index contributed by atoms with van der Waals surface area (Å²) in [4.78, 5) is 137. The summed E-state index contributed by atoms with van der Waals surface area (Å²) < 4.78 is 0. The Hall–Kier alpha value is -6.12. The highest BCUT2D eigenvalue weighted by Crippen LogP contribution is 2.06. The number of aliphatic imine (C=N–C) groups is 1. The highest BCUT2D eigenvalue weighted by atomic mass is 32.1. The SMILES string of the molecule is CC(=O)N[C@@H](CS)C(=O)N[C@@H](CCCN=C(N)N)C(=O)N[C@@H](C)C(=O)N[C@@H](Cc1cnc[nH]1)C(=O)NCC(=O)N[C@H](C(=O)N[C@@H](CC(=O)O)C(=O)N[C@@H](CS)C(N)=O)C(C)C. The molecule has 1 heterocycles. The van der Waals surface area contributed by atoms with Crippen molar-refractivity contribution >= 4 is 90.4 Å². The first kappa shape index (κ1) is 52.9. The molecule has 1 aromatic heterocycles. The summed E-state index contributed by atoms with van der Waals surface area (Å²) in [5.74, 6) is -10.1. The average Bonchev–Trinajstić information content (AvgIpc) is 3.69. The third kappa shape index (κ3) is 20.1. The molecule has 27 heteroatoms. The molecule has 16 N–H and O–H groups in total. The summed E-state index contributed by atoms with van der Waals surface area (Å²) >= 11 is 8.00. The van der Waals surface area contributed by atoms with Crippen molar-refractivity contribution < 1.29 is 53.1 Å². The quantitative estimate of drug-likeness (QED) is 0.0169. The average molecular weight is 901 g/mol. The number of amides is 9. The lowest BCUT2D eigenvalue weighted by Crippen LogP contribution is -2.59. The van der Waals surface area contributed by atoms with Gasteiger partial charge in [0.1, 0.15) is 42.3 Å². The van der Waals surface area contributed by atoms with Crippen LogP contribution in [0.1, 0.15) is 52.7 Å². The van der Waals surface area contributed by atoms with E-state index < -0.39 is 120 Å². The number of aliphatic carboxylic acids is 1. The van der Waals surface area contributed by atoms with Crippen LogP contribution in [0, 0.1) is 5.92 Å². The zero-order valence-electron chi connectivity index (χ0n) is 34.0. The zero-order valence-corrected chi connectivity index (χ0v) is 35.8. The van der Waals surface area contributed by atoms with Crippen molar-refractivity contribution in [2.75, 3.05) is 24.6 Å². The van der Waals surface area contributed by atoms with Crippen molar-refractivity contribution in [3.8, 4) is 0 Å². The first-order valence-corrected chi connectivity index (χ1v) is 20.0. The van der Waals surface area contributed by atoms with E-state index in [1.54, 1.807) is 13.8 Å². The van der Waals surface area contributed by atoms with Crippen molar-refractivity contribution in [3.05, 3.63) is 18.2 Å². The molecule has 0 saturated carbocycles. The fraction of sp³-hybridized carbons (Fsp3) is 0.588. The van der Waals surface area contributed by atoms with Gasteiger partial charge in [-0.2, -0.15) is 25.3 Å². The largest absolute Gasteiger partial charge is 0.481 e. The van der Waals surface area contributed by atoms with Gasteiger partial charge in [-0.15, -0.1) is 0 Å². The van der Waals surface area contributed by atoms with Gasteiger partial charge < -0.3 is 69.8 Å². The van der Waals surface area contributed by atoms with Crippen LogP contribution in [0.3, 0.4) is 0 Å². The van der Waals surface area contributed by atoms with Gasteiger partial charge >= 0.3 is 5.97 Å². The van der Waals surface area contributed by atoms with E-state index in [0.717, 1.165) is 0 Å². The third-order valence-electron chi connectivity index (χ3n) is 8.36. The summed E-state index contributed by atoms with van der Waals surface area (Å²) in [6, 6.07) is -9.24. The Morgan fingerprint density at radius 1 is 0.738 bits per heavy atom. The number of nitrogens with zero attached hydrogens (tertiary/aromatic N) is 2. The van der Waals surface area contributed by atoms with E-state index in [9.17, 15) is 53.1 Å². The molecule has 0 unspecified atom stereocenters. The second-order valence-corrected chi connectivity index (χ2v) is 14.6. The molecule has 61 heavy (non-hydrogen) atoms. The Labute approximate surface area is 361 Å². The van der Waals surface area contributed by atoms with Crippen molar-refractivity contribution in [3.63, 3.8) is 0 Å². The standard InChI is InChI=1S/C34H56N14O11S2/c1-15(2)26(33(59)46-21(9-25(51)52)31(57)47-22(12-60)27(35)53)48-24(50)11-40-29(55)20(8-18-10-38-14-41-18)45-28(54)16(3)42-30(56)19(6-5-7-39-34(36)37)44-32(58)23(13-61)43-17(4)49/h10,14-16,19-23,26,60-61H,5-9,11-13H2,1-4H3,(H2,35,53)(H,38,41)(H,40,55)(H,42,56)(H,43,49)(H,44,58)(H,45,54)(H,46,59)(H,47,57)(H,48,50)(H,51,52)(H4,36,37,39)/t16-,19-,20-,21-,22-,23-,26-/m0/s1. The Bertz CT molecular complexity index is 1740. The van der Waals surface area contributed by atoms with Gasteiger partial charge in [0.15, 0.2) is 5.96 Å². The molecule has 0 aliphatic heterocycles. The van der Waals surface area contributed by atoms with Crippen LogP contribution in [-0.2, 0) is 54.4 Å². The van der Waals surface area contributed by atoms with Gasteiger partial charge in [0.2, 0.25) is 53.2 Å². The van der Waals surface area contributed by atoms with Crippen LogP contribution < -0.4 is 59.7 Å². The highest BCUT2D eigenvalue weighted by Gasteiger charge is 2.33. The van der Waals surface area contributed by atoms with Crippen LogP contribution in [0.25, 0.3) is 0 Å². The number of aromatic amines is 1. The first-order chi connectivity index (χ1) is 28.6. The van der Waals surface area contributed by atoms with Crippen LogP contribution >= 0.6 is 25.3 Å². The maximum Gasteiger partial charge on any atom is 0.305 e. The molecule has 9 amide bonds. The van der Waals surface area contributed by atoms with Crippen molar-refractivity contribution in [2.45, 2.75) is 95.7 Å². The normalized spacial score (nSPS) is 14.2. The minimum atomic E-state index is -1.68. The minimum Gasteiger partial charge on any atom is -0.481 e. The minimum absolute atomic E-state index is 0.0142. The van der Waals surface area contributed by atoms with Gasteiger partial charge in [0.05, 0.1) is 19.3 Å². The number of guanidine groups is 1. The van der Waals surface area contributed by atoms with E-state index in [2.05, 4.69) is 82.8 Å². The van der Waals surface area contributed by atoms with Crippen molar-refractivity contribution in [2.24, 2.45) is 28.1 Å². The maximum atomic E-state index is 13.4. The highest BCUT2D eigenvalue weighted by molar-refractivity contribution is 7.80. The third-order valence-corrected chi connectivity index (χ3v) is 9.09. The molecule has 340 valence electrons. The Kier molecular flexibility index (Phi) is 23.3. The molecular formula is C34H56N14O11S2. The number of nitrogens with one attached hydrogen (secondary N) is 9. The predicted molar refractivity (Wildman–Crippen MR) is 224 cm³/mol. The number of primary amides is 1. The van der Waals surface area contributed by atoms with Gasteiger partial charge in [0.25, 0.3) is 0 Å². The van der Waals surface area contributed by atoms with Gasteiger partial charge in [-0.25, -0.2) is 4.98 Å². The number of aromatic nitrogens is 2. The maximum absolute atomic E-state index is 13.4. The Morgan fingerprint density at radius 3 is 1.84 bits per heavy atom. The number of hydrogen-bond acceptors (Lipinski definition) is 14. The van der Waals surface area contributed by atoms with Crippen LogP contribution in [0.5, 0.6) is 0 Å². The fourth-order valence-electron chi connectivity index (χ4n) is 5.16. The summed E-state index contributed by atoms with van der Waals surface area (Å²) in [6.45, 7) is 5.00. The molecule has 0 fully saturated rings. The van der Waals surface area contributed by atoms with Gasteiger partial charge in [-0.1, -0.05) is 13.8 Å². The van der Waals surface area contributed by atoms with Gasteiger partial charge in [-0.05, 0) is 25.7 Å². The van der Waals surface area contributed by atoms with Crippen LogP contribution in [-0.4, -0.2) is 147 Å². The van der Waals surface area contributed by atoms with Crippen LogP contribution in [0.2, 0.25) is 0 Å². The number of thiol groups is 2. The van der Waals surface area contributed by atoms with E-state index in [1.807, 2.05) is 0 Å². The number of carbonyl (C=O) groups is 10. The number of carboxylic acids is 1. The molecule has 25 nitrogen and oxygen atoms in total. The number of rotatable bonds is 27. The smallest absolute Gasteiger partial charge is 0.305 e. The number of hydrogen-bond donors (Lipinski definition) is 15. The zero-order chi connectivity index (χ0) is 46.4. The number of carboxylic acid groups (broad SMARTS) is 1. The second kappa shape index (κ2) is 26.9. The van der Waals surface area contributed by atoms with Gasteiger partial charge in [-0.3, -0.25) is 52.9 Å². The molecule has 0 radical (unpaired) electrons. The van der Waals surface area contributed by atoms with Gasteiger partial charge in [0, 0.05) is 43.3 Å². The van der Waals surface area contributed by atoms with E-state index in [1.165, 1.54) is 26.4 Å². The number of carbonyl (C=O) groups excluding carboxylic acids is 9. The van der Waals surface area contributed by atoms with E-state index in [-0.39, 0.29) is 43.3 Å². The Balaban J connectivity index is 3.09. The molecule has 1 rings (SSSR count). The number of imidazole rings is 1. The molecule has 1 aromatic rings. The van der Waals surface area contributed by atoms with E-state index >= 15 is 0 Å². The molecule has 0 spiro atoms. The fourth-order valence-corrected chi connectivity index (χ4v) is 5.69. The van der Waals surface area contributed by atoms with Crippen LogP contribution in [0.4, 0.5) is 0 Å². The number of nitrogens with two attached hydrogens (primary N) is 3. The van der Waals surface area contributed by atoms with E-state index in [4.69, 9.17) is 17.2 Å². The number of H-pyrrole nitrogens is 1. The van der Waals surface area contributed by atoms with Crippen molar-refractivity contribution in [1.29, 1.82) is 0 Å². The summed E-state index contributed by atoms with van der Waals surface area (Å²) in [5.41, 5.74) is 16.3. The molecule has 0 saturated heterocycles. The lowest BCUT2D eigenvalue weighted by molar-refractivity contribution is -0.141. The molecule has 0 bridgehead atoms. The molecule has 0 aromatic carbocycles. The second-order valence-electron chi connectivity index (χ2n) is 13.8. The summed E-state index contributed by atoms with van der Waals surface area (Å²) in [5, 5.41) is 28.5. The topological polar surface area (TPSA) is 406 Å². The van der Waals surface area contributed by atoms with E-state index in [0.29, 0.717) is 5.69 Å². The monoisotopic (exact) mass is 900 g/mol.